The van der Waals surface area contributed by atoms with Gasteiger partial charge in [-0.3, -0.25) is 9.59 Å². The minimum atomic E-state index is -0.919. The molecule has 0 heterocycles. The minimum Gasteiger partial charge on any atom is -0.481 e. The Hall–Kier alpha value is -3.35. The predicted octanol–water partition coefficient (Wildman–Crippen LogP) is 4.56. The van der Waals surface area contributed by atoms with Gasteiger partial charge in [-0.1, -0.05) is 75.2 Å². The summed E-state index contributed by atoms with van der Waals surface area (Å²) in [5, 5.41) is 15.1. The Morgan fingerprint density at radius 2 is 1.57 bits per heavy atom. The molecule has 0 aliphatic heterocycles. The molecule has 2 aromatic carbocycles. The lowest BCUT2D eigenvalue weighted by atomic mass is 9.83. The number of amides is 2. The Labute approximate surface area is 206 Å². The molecule has 3 N–H and O–H groups in total. The number of carbonyl (C=O) groups excluding carboxylic acids is 2. The fourth-order valence-corrected chi connectivity index (χ4v) is 5.36. The summed E-state index contributed by atoms with van der Waals surface area (Å²) in [6.07, 6.45) is 2.63. The molecule has 7 nitrogen and oxygen atoms in total. The molecule has 2 amide bonds. The van der Waals surface area contributed by atoms with Crippen LogP contribution in [0.5, 0.6) is 0 Å². The van der Waals surface area contributed by atoms with E-state index < -0.39 is 23.9 Å². The molecule has 0 aromatic heterocycles. The smallest absolute Gasteiger partial charge is 0.407 e. The molecular weight excluding hydrogens is 444 g/mol. The van der Waals surface area contributed by atoms with Crippen LogP contribution in [0.3, 0.4) is 0 Å². The van der Waals surface area contributed by atoms with Gasteiger partial charge in [0.2, 0.25) is 5.91 Å². The molecule has 1 saturated carbocycles. The third kappa shape index (κ3) is 5.50. The van der Waals surface area contributed by atoms with Crippen molar-refractivity contribution in [3.63, 3.8) is 0 Å². The molecule has 186 valence electrons. The molecule has 3 atom stereocenters. The average Bonchev–Trinajstić information content (AvgIpc) is 3.16. The largest absolute Gasteiger partial charge is 0.481 e. The molecule has 4 rings (SSSR count). The van der Waals surface area contributed by atoms with Gasteiger partial charge in [0.05, 0.1) is 11.8 Å². The van der Waals surface area contributed by atoms with Gasteiger partial charge < -0.3 is 20.5 Å². The van der Waals surface area contributed by atoms with Gasteiger partial charge >= 0.3 is 12.1 Å². The number of carboxylic acid groups (broad SMARTS) is 1. The van der Waals surface area contributed by atoms with Gasteiger partial charge in [0.25, 0.3) is 0 Å². The van der Waals surface area contributed by atoms with Gasteiger partial charge in [0, 0.05) is 18.5 Å². The predicted molar refractivity (Wildman–Crippen MR) is 133 cm³/mol. The number of benzene rings is 2. The van der Waals surface area contributed by atoms with Crippen LogP contribution in [0.4, 0.5) is 4.79 Å². The van der Waals surface area contributed by atoms with E-state index in [1.165, 1.54) is 11.1 Å². The second kappa shape index (κ2) is 10.9. The molecule has 0 bridgehead atoms. The summed E-state index contributed by atoms with van der Waals surface area (Å²) in [7, 11) is 0. The highest BCUT2D eigenvalue weighted by atomic mass is 16.5. The molecule has 0 radical (unpaired) electrons. The molecule has 0 saturated heterocycles. The second-order valence-corrected chi connectivity index (χ2v) is 9.90. The standard InChI is InChI=1S/C28H34N2O5/c1-17(2)23(27(32)33)15-29-26(31)22-13-7-8-14-25(22)30-28(34)35-16-24-20-11-5-3-9-18(20)19-10-4-6-12-21(19)24/h3-6,9-12,17,22-25H,7-8,13-16H2,1-2H3,(H,29,31)(H,30,34)(H,32,33). The zero-order chi connectivity index (χ0) is 24.9. The quantitative estimate of drug-likeness (QED) is 0.516. The van der Waals surface area contributed by atoms with Crippen molar-refractivity contribution in [3.05, 3.63) is 59.7 Å². The first-order chi connectivity index (χ1) is 16.9. The molecule has 35 heavy (non-hydrogen) atoms. The van der Waals surface area contributed by atoms with Crippen molar-refractivity contribution < 1.29 is 24.2 Å². The van der Waals surface area contributed by atoms with Crippen LogP contribution in [0.1, 0.15) is 56.6 Å². The van der Waals surface area contributed by atoms with Gasteiger partial charge in [-0.05, 0) is 41.0 Å². The molecular formula is C28H34N2O5. The number of nitrogens with one attached hydrogen (secondary N) is 2. The number of rotatable bonds is 8. The summed E-state index contributed by atoms with van der Waals surface area (Å²) < 4.78 is 5.67. The van der Waals surface area contributed by atoms with E-state index in [2.05, 4.69) is 34.9 Å². The second-order valence-electron chi connectivity index (χ2n) is 9.90. The Balaban J connectivity index is 1.36. The monoisotopic (exact) mass is 478 g/mol. The minimum absolute atomic E-state index is 0.0254. The Bertz CT molecular complexity index is 1040. The summed E-state index contributed by atoms with van der Waals surface area (Å²) in [5.74, 6) is -2.28. The number of hydrogen-bond donors (Lipinski definition) is 3. The van der Waals surface area contributed by atoms with E-state index in [0.717, 1.165) is 24.0 Å². The summed E-state index contributed by atoms with van der Waals surface area (Å²) in [4.78, 5) is 37.1. The van der Waals surface area contributed by atoms with Crippen molar-refractivity contribution in [1.82, 2.24) is 10.6 Å². The van der Waals surface area contributed by atoms with Gasteiger partial charge in [0.15, 0.2) is 0 Å². The third-order valence-corrected chi connectivity index (χ3v) is 7.37. The van der Waals surface area contributed by atoms with Crippen LogP contribution in [0.15, 0.2) is 48.5 Å². The number of alkyl carbamates (subject to hydrolysis) is 1. The first-order valence-corrected chi connectivity index (χ1v) is 12.5. The molecule has 0 spiro atoms. The van der Waals surface area contributed by atoms with E-state index in [1.54, 1.807) is 0 Å². The Morgan fingerprint density at radius 3 is 2.17 bits per heavy atom. The highest BCUT2D eigenvalue weighted by Gasteiger charge is 2.34. The summed E-state index contributed by atoms with van der Waals surface area (Å²) in [6.45, 7) is 3.96. The number of carboxylic acids is 1. The number of aliphatic carboxylic acids is 1. The molecule has 2 aliphatic carbocycles. The lowest BCUT2D eigenvalue weighted by molar-refractivity contribution is -0.143. The van der Waals surface area contributed by atoms with Crippen LogP contribution in [-0.4, -0.2) is 42.3 Å². The van der Waals surface area contributed by atoms with E-state index >= 15 is 0 Å². The number of carbonyl (C=O) groups is 3. The summed E-state index contributed by atoms with van der Waals surface area (Å²) >= 11 is 0. The fraction of sp³-hybridized carbons (Fsp3) is 0.464. The molecule has 1 fully saturated rings. The van der Waals surface area contributed by atoms with Crippen molar-refractivity contribution in [2.24, 2.45) is 17.8 Å². The summed E-state index contributed by atoms with van der Waals surface area (Å²) in [6, 6.07) is 16.0. The van der Waals surface area contributed by atoms with Crippen molar-refractivity contribution in [1.29, 1.82) is 0 Å². The van der Waals surface area contributed by atoms with Crippen LogP contribution in [0.2, 0.25) is 0 Å². The fourth-order valence-electron chi connectivity index (χ4n) is 5.36. The maximum atomic E-state index is 12.9. The van der Waals surface area contributed by atoms with Gasteiger partial charge in [-0.15, -0.1) is 0 Å². The van der Waals surface area contributed by atoms with Crippen molar-refractivity contribution in [3.8, 4) is 11.1 Å². The van der Waals surface area contributed by atoms with E-state index in [-0.39, 0.29) is 36.9 Å². The Kier molecular flexibility index (Phi) is 7.73. The van der Waals surface area contributed by atoms with Crippen molar-refractivity contribution in [2.45, 2.75) is 51.5 Å². The maximum absolute atomic E-state index is 12.9. The third-order valence-electron chi connectivity index (χ3n) is 7.37. The van der Waals surface area contributed by atoms with Crippen molar-refractivity contribution >= 4 is 18.0 Å². The zero-order valence-corrected chi connectivity index (χ0v) is 20.3. The van der Waals surface area contributed by atoms with Gasteiger partial charge in [-0.2, -0.15) is 0 Å². The highest BCUT2D eigenvalue weighted by molar-refractivity contribution is 5.82. The topological polar surface area (TPSA) is 105 Å². The number of fused-ring (bicyclic) bond motifs is 3. The number of ether oxygens (including phenoxy) is 1. The SMILES string of the molecule is CC(C)C(CNC(=O)C1CCCCC1NC(=O)OCC1c2ccccc2-c2ccccc21)C(=O)O. The highest BCUT2D eigenvalue weighted by Crippen LogP contribution is 2.44. The van der Waals surface area contributed by atoms with E-state index in [1.807, 2.05) is 38.1 Å². The van der Waals surface area contributed by atoms with E-state index in [4.69, 9.17) is 4.74 Å². The van der Waals surface area contributed by atoms with Crippen molar-refractivity contribution in [2.75, 3.05) is 13.2 Å². The van der Waals surface area contributed by atoms with Crippen LogP contribution in [0, 0.1) is 17.8 Å². The van der Waals surface area contributed by atoms with Crippen LogP contribution < -0.4 is 10.6 Å². The van der Waals surface area contributed by atoms with Crippen LogP contribution in [-0.2, 0) is 14.3 Å². The lowest BCUT2D eigenvalue weighted by Crippen LogP contribution is -2.49. The van der Waals surface area contributed by atoms with Crippen LogP contribution in [0.25, 0.3) is 11.1 Å². The summed E-state index contributed by atoms with van der Waals surface area (Å²) in [5.41, 5.74) is 4.63. The maximum Gasteiger partial charge on any atom is 0.407 e. The average molecular weight is 479 g/mol. The molecule has 2 aromatic rings. The molecule has 2 aliphatic rings. The normalized spacial score (nSPS) is 20.0. The van der Waals surface area contributed by atoms with Crippen LogP contribution >= 0.6 is 0 Å². The first kappa shape index (κ1) is 24.8. The van der Waals surface area contributed by atoms with Gasteiger partial charge in [0.1, 0.15) is 6.61 Å². The van der Waals surface area contributed by atoms with E-state index in [0.29, 0.717) is 12.8 Å². The van der Waals surface area contributed by atoms with Gasteiger partial charge in [-0.25, -0.2) is 4.79 Å². The lowest BCUT2D eigenvalue weighted by Gasteiger charge is -2.31. The molecule has 7 heteroatoms. The first-order valence-electron chi connectivity index (χ1n) is 12.5. The molecule has 3 unspecified atom stereocenters. The Morgan fingerprint density at radius 1 is 0.971 bits per heavy atom. The number of hydrogen-bond acceptors (Lipinski definition) is 4. The zero-order valence-electron chi connectivity index (χ0n) is 20.3. The van der Waals surface area contributed by atoms with E-state index in [9.17, 15) is 19.5 Å².